The highest BCUT2D eigenvalue weighted by Gasteiger charge is 2.44. The number of amides is 1. The summed E-state index contributed by atoms with van der Waals surface area (Å²) < 4.78 is 2.18. The molecule has 0 spiro atoms. The van der Waals surface area contributed by atoms with Crippen LogP contribution in [0.1, 0.15) is 24.4 Å². The Bertz CT molecular complexity index is 732. The largest absolute Gasteiger partial charge is 0.368 e. The maximum atomic E-state index is 11.9. The molecule has 0 radical (unpaired) electrons. The van der Waals surface area contributed by atoms with Crippen LogP contribution in [0, 0.1) is 0 Å². The van der Waals surface area contributed by atoms with Crippen molar-refractivity contribution in [1.29, 1.82) is 0 Å². The molecule has 0 heterocycles. The van der Waals surface area contributed by atoms with Crippen LogP contribution in [0.15, 0.2) is 62.4 Å². The Morgan fingerprint density at radius 3 is 2.46 bits per heavy atom. The molecule has 2 aromatic carbocycles. The van der Waals surface area contributed by atoms with Crippen molar-refractivity contribution in [1.82, 2.24) is 5.32 Å². The number of nitrogens with two attached hydrogens (primary N) is 1. The highest BCUT2D eigenvalue weighted by atomic mass is 79.9. The number of hydrogen-bond acceptors (Lipinski definition) is 3. The molecule has 3 rings (SSSR count). The van der Waals surface area contributed by atoms with Gasteiger partial charge < -0.3 is 11.1 Å². The highest BCUT2D eigenvalue weighted by Crippen LogP contribution is 2.51. The maximum Gasteiger partial charge on any atom is 0.239 e. The first-order valence-corrected chi connectivity index (χ1v) is 10.1. The van der Waals surface area contributed by atoms with Crippen molar-refractivity contribution in [2.45, 2.75) is 28.5 Å². The molecule has 1 amide bonds. The lowest BCUT2D eigenvalue weighted by Crippen LogP contribution is -2.37. The van der Waals surface area contributed by atoms with Gasteiger partial charge in [-0.15, -0.1) is 11.8 Å². The molecule has 3 nitrogen and oxygen atoms in total. The molecule has 1 fully saturated rings. The normalized spacial score (nSPS) is 16.6. The molecular formula is C18H18Br2N2OS. The summed E-state index contributed by atoms with van der Waals surface area (Å²) in [6, 6.07) is 15.6. The van der Waals surface area contributed by atoms with E-state index in [1.165, 1.54) is 4.90 Å². The second-order valence-electron chi connectivity index (χ2n) is 6.01. The van der Waals surface area contributed by atoms with Crippen LogP contribution in [0.3, 0.4) is 0 Å². The second kappa shape index (κ2) is 7.60. The van der Waals surface area contributed by atoms with Crippen molar-refractivity contribution >= 4 is 49.5 Å². The van der Waals surface area contributed by atoms with Crippen LogP contribution in [-0.4, -0.2) is 17.2 Å². The minimum atomic E-state index is -0.467. The van der Waals surface area contributed by atoms with E-state index < -0.39 is 6.04 Å². The zero-order valence-electron chi connectivity index (χ0n) is 13.0. The molecule has 0 bridgehead atoms. The van der Waals surface area contributed by atoms with Crippen molar-refractivity contribution in [2.24, 2.45) is 5.73 Å². The molecule has 126 valence electrons. The number of halogens is 2. The van der Waals surface area contributed by atoms with Crippen LogP contribution in [-0.2, 0) is 4.79 Å². The fourth-order valence-electron chi connectivity index (χ4n) is 2.56. The van der Waals surface area contributed by atoms with E-state index in [-0.39, 0.29) is 10.7 Å². The second-order valence-corrected chi connectivity index (χ2v) is 9.38. The molecule has 1 aliphatic rings. The molecule has 2 aromatic rings. The third kappa shape index (κ3) is 4.63. The molecule has 0 saturated heterocycles. The first kappa shape index (κ1) is 18.0. The molecule has 24 heavy (non-hydrogen) atoms. The van der Waals surface area contributed by atoms with Gasteiger partial charge in [-0.2, -0.15) is 0 Å². The summed E-state index contributed by atoms with van der Waals surface area (Å²) >= 11 is 8.78. The van der Waals surface area contributed by atoms with Gasteiger partial charge in [-0.05, 0) is 54.8 Å². The quantitative estimate of drug-likeness (QED) is 0.620. The SMILES string of the molecule is NC(=O)C(NCC1(Sc2ccc(Br)cc2)CC1)c1cccc(Br)c1. The van der Waals surface area contributed by atoms with E-state index in [1.54, 1.807) is 0 Å². The number of primary amides is 1. The van der Waals surface area contributed by atoms with Crippen LogP contribution < -0.4 is 11.1 Å². The lowest BCUT2D eigenvalue weighted by atomic mass is 10.1. The Labute approximate surface area is 163 Å². The molecule has 1 atom stereocenters. The number of hydrogen-bond donors (Lipinski definition) is 2. The summed E-state index contributed by atoms with van der Waals surface area (Å²) in [7, 11) is 0. The topological polar surface area (TPSA) is 55.1 Å². The van der Waals surface area contributed by atoms with Gasteiger partial charge in [-0.3, -0.25) is 4.79 Å². The van der Waals surface area contributed by atoms with Gasteiger partial charge in [0.05, 0.1) is 0 Å². The Hall–Kier alpha value is -0.820. The standard InChI is InChI=1S/C18H18Br2N2OS/c19-13-4-6-15(7-5-13)24-18(8-9-18)11-22-16(17(21)23)12-2-1-3-14(20)10-12/h1-7,10,16,22H,8-9,11H2,(H2,21,23). The molecule has 1 unspecified atom stereocenters. The zero-order valence-corrected chi connectivity index (χ0v) is 17.0. The van der Waals surface area contributed by atoms with Crippen LogP contribution in [0.25, 0.3) is 0 Å². The molecule has 1 saturated carbocycles. The lowest BCUT2D eigenvalue weighted by molar-refractivity contribution is -0.120. The van der Waals surface area contributed by atoms with E-state index in [0.717, 1.165) is 33.9 Å². The predicted octanol–water partition coefficient (Wildman–Crippen LogP) is 4.65. The van der Waals surface area contributed by atoms with E-state index in [4.69, 9.17) is 5.73 Å². The molecule has 3 N–H and O–H groups in total. The zero-order chi connectivity index (χ0) is 17.2. The summed E-state index contributed by atoms with van der Waals surface area (Å²) in [6.07, 6.45) is 2.29. The molecule has 0 aromatic heterocycles. The van der Waals surface area contributed by atoms with Gasteiger partial charge in [0.25, 0.3) is 0 Å². The lowest BCUT2D eigenvalue weighted by Gasteiger charge is -2.21. The van der Waals surface area contributed by atoms with Crippen LogP contribution in [0.4, 0.5) is 0 Å². The summed E-state index contributed by atoms with van der Waals surface area (Å²) in [5.74, 6) is -0.349. The van der Waals surface area contributed by atoms with E-state index in [0.29, 0.717) is 0 Å². The van der Waals surface area contributed by atoms with Crippen molar-refractivity contribution in [3.8, 4) is 0 Å². The van der Waals surface area contributed by atoms with Gasteiger partial charge >= 0.3 is 0 Å². The number of benzene rings is 2. The van der Waals surface area contributed by atoms with Gasteiger partial charge in [0.2, 0.25) is 5.91 Å². The fourth-order valence-corrected chi connectivity index (χ4v) is 4.48. The Kier molecular flexibility index (Phi) is 5.70. The number of carbonyl (C=O) groups is 1. The van der Waals surface area contributed by atoms with E-state index in [1.807, 2.05) is 36.0 Å². The average Bonchev–Trinajstić information content (AvgIpc) is 3.29. The van der Waals surface area contributed by atoms with Gasteiger partial charge in [0.15, 0.2) is 0 Å². The number of rotatable bonds is 7. The maximum absolute atomic E-state index is 11.9. The van der Waals surface area contributed by atoms with Gasteiger partial charge in [0, 0.05) is 25.1 Å². The monoisotopic (exact) mass is 468 g/mol. The van der Waals surface area contributed by atoms with E-state index >= 15 is 0 Å². The Balaban J connectivity index is 1.66. The fraction of sp³-hybridized carbons (Fsp3) is 0.278. The van der Waals surface area contributed by atoms with E-state index in [2.05, 4.69) is 61.4 Å². The van der Waals surface area contributed by atoms with Gasteiger partial charge in [0.1, 0.15) is 6.04 Å². The number of thioether (sulfide) groups is 1. The minimum Gasteiger partial charge on any atom is -0.368 e. The first-order valence-electron chi connectivity index (χ1n) is 7.70. The van der Waals surface area contributed by atoms with Crippen LogP contribution in [0.5, 0.6) is 0 Å². The predicted molar refractivity (Wildman–Crippen MR) is 106 cm³/mol. The summed E-state index contributed by atoms with van der Waals surface area (Å²) in [5, 5.41) is 3.37. The van der Waals surface area contributed by atoms with Crippen molar-refractivity contribution < 1.29 is 4.79 Å². The first-order chi connectivity index (χ1) is 11.5. The third-order valence-corrected chi connectivity index (χ3v) is 6.57. The van der Waals surface area contributed by atoms with Crippen LogP contribution >= 0.6 is 43.6 Å². The van der Waals surface area contributed by atoms with Crippen LogP contribution in [0.2, 0.25) is 0 Å². The van der Waals surface area contributed by atoms with Gasteiger partial charge in [-0.1, -0.05) is 44.0 Å². The molecule has 1 aliphatic carbocycles. The smallest absolute Gasteiger partial charge is 0.239 e. The average molecular weight is 470 g/mol. The Morgan fingerprint density at radius 1 is 1.17 bits per heavy atom. The summed E-state index contributed by atoms with van der Waals surface area (Å²) in [4.78, 5) is 13.1. The molecule has 0 aliphatic heterocycles. The van der Waals surface area contributed by atoms with E-state index in [9.17, 15) is 4.79 Å². The number of nitrogens with one attached hydrogen (secondary N) is 1. The summed E-state index contributed by atoms with van der Waals surface area (Å²) in [6.45, 7) is 0.758. The van der Waals surface area contributed by atoms with Crippen molar-refractivity contribution in [3.63, 3.8) is 0 Å². The Morgan fingerprint density at radius 2 is 1.88 bits per heavy atom. The number of carbonyl (C=O) groups excluding carboxylic acids is 1. The van der Waals surface area contributed by atoms with Crippen molar-refractivity contribution in [2.75, 3.05) is 6.54 Å². The highest BCUT2D eigenvalue weighted by molar-refractivity contribution is 9.10. The minimum absolute atomic E-state index is 0.160. The third-order valence-electron chi connectivity index (χ3n) is 4.05. The molecule has 6 heteroatoms. The van der Waals surface area contributed by atoms with Crippen molar-refractivity contribution in [3.05, 3.63) is 63.0 Å². The summed E-state index contributed by atoms with van der Waals surface area (Å²) in [5.41, 5.74) is 6.50. The molecular weight excluding hydrogens is 452 g/mol. The van der Waals surface area contributed by atoms with Gasteiger partial charge in [-0.25, -0.2) is 0 Å².